The Morgan fingerprint density at radius 2 is 0.338 bits per heavy atom. The topological polar surface area (TPSA) is 41.6 Å². The molecule has 4 atom stereocenters. The van der Waals surface area contributed by atoms with Crippen LogP contribution in [0.25, 0.3) is 0 Å². The summed E-state index contributed by atoms with van der Waals surface area (Å²) in [6.45, 7) is 145. The molecule has 0 spiro atoms. The van der Waals surface area contributed by atoms with E-state index in [0.29, 0.717) is 34.0 Å². The van der Waals surface area contributed by atoms with Crippen LogP contribution in [0.4, 0.5) is 0 Å². The molecule has 0 bridgehead atoms. The second-order valence-corrected chi connectivity index (χ2v) is 52.0. The first-order valence-electron chi connectivity index (χ1n) is 55.4. The van der Waals surface area contributed by atoms with Gasteiger partial charge in [-0.05, 0) is 322 Å². The van der Waals surface area contributed by atoms with Gasteiger partial charge in [-0.3, -0.25) is 29.4 Å². The van der Waals surface area contributed by atoms with Gasteiger partial charge < -0.3 is 24.3 Å². The first kappa shape index (κ1) is 155. The molecule has 133 heavy (non-hydrogen) atoms. The molecule has 0 aromatic carbocycles. The Morgan fingerprint density at radius 3 is 0.511 bits per heavy atom. The van der Waals surface area contributed by atoms with Gasteiger partial charge in [0.25, 0.3) is 0 Å². The lowest BCUT2D eigenvalue weighted by Gasteiger charge is -2.39. The van der Waals surface area contributed by atoms with Crippen LogP contribution >= 0.6 is 0 Å². The van der Waals surface area contributed by atoms with Crippen LogP contribution in [0.2, 0.25) is 0 Å². The normalized spacial score (nSPS) is 13.4. The number of nitrogens with zero attached hydrogens (tertiary/aromatic N) is 10. The van der Waals surface area contributed by atoms with Gasteiger partial charge in [0, 0.05) is 78.5 Å². The van der Waals surface area contributed by atoms with Crippen LogP contribution in [0, 0.1) is 141 Å². The first-order chi connectivity index (χ1) is 58.6. The Bertz CT molecular complexity index is 2060. The number of hydrogen-bond donors (Lipinski definition) is 0. The molecule has 820 valence electrons. The summed E-state index contributed by atoms with van der Waals surface area (Å²) in [5.74, 6) is 16.2. The predicted octanol–water partition coefficient (Wildman–Crippen LogP) is 34.7. The summed E-state index contributed by atoms with van der Waals surface area (Å²) < 4.78 is 6.04. The van der Waals surface area contributed by atoms with Crippen molar-refractivity contribution in [3.8, 4) is 0 Å². The van der Waals surface area contributed by atoms with Crippen LogP contribution in [0.5, 0.6) is 0 Å². The van der Waals surface area contributed by atoms with Gasteiger partial charge in [-0.15, -0.1) is 0 Å². The quantitative estimate of drug-likeness (QED) is 0.0432. The van der Waals surface area contributed by atoms with Crippen molar-refractivity contribution in [2.75, 3.05) is 190 Å². The van der Waals surface area contributed by atoms with Crippen molar-refractivity contribution < 1.29 is 4.74 Å². The van der Waals surface area contributed by atoms with E-state index < -0.39 is 0 Å². The second kappa shape index (κ2) is 91.5. The smallest absolute Gasteiger partial charge is 0.0594 e. The Balaban J connectivity index is -0.000000155. The third-order valence-electron chi connectivity index (χ3n) is 26.4. The molecule has 0 aliphatic carbocycles. The summed E-state index contributed by atoms with van der Waals surface area (Å²) in [6, 6.07) is 0. The summed E-state index contributed by atoms with van der Waals surface area (Å²) >= 11 is 0. The van der Waals surface area contributed by atoms with E-state index in [-0.39, 0.29) is 44.6 Å². The highest BCUT2D eigenvalue weighted by Crippen LogP contribution is 2.31. The molecule has 0 saturated carbocycles. The molecule has 0 saturated heterocycles. The lowest BCUT2D eigenvalue weighted by molar-refractivity contribution is 0.0782. The van der Waals surface area contributed by atoms with Crippen molar-refractivity contribution in [2.45, 2.75) is 473 Å². The average molecular weight is 1900 g/mol. The molecule has 11 heteroatoms. The molecule has 0 fully saturated rings. The summed E-state index contributed by atoms with van der Waals surface area (Å²) in [4.78, 5) is 27.0. The van der Waals surface area contributed by atoms with Crippen LogP contribution in [-0.4, -0.2) is 239 Å². The van der Waals surface area contributed by atoms with Crippen molar-refractivity contribution >= 4 is 0 Å². The van der Waals surface area contributed by atoms with E-state index in [1.807, 2.05) is 0 Å². The maximum Gasteiger partial charge on any atom is 0.0594 e. The van der Waals surface area contributed by atoms with Gasteiger partial charge >= 0.3 is 0 Å². The zero-order valence-corrected chi connectivity index (χ0v) is 97.3. The van der Waals surface area contributed by atoms with E-state index in [1.54, 1.807) is 0 Å². The van der Waals surface area contributed by atoms with Gasteiger partial charge in [0.05, 0.1) is 33.2 Å². The Labute approximate surface area is 852 Å². The third-order valence-corrected chi connectivity index (χ3v) is 26.4. The molecule has 0 amide bonds. The van der Waals surface area contributed by atoms with Gasteiger partial charge in [0.1, 0.15) is 0 Å². The molecule has 4 unspecified atom stereocenters. The molecular weight excluding hydrogens is 1620 g/mol. The zero-order chi connectivity index (χ0) is 98.9. The molecule has 0 aromatic rings. The summed E-state index contributed by atoms with van der Waals surface area (Å²) in [7, 11) is 0. The Morgan fingerprint density at radius 1 is 0.165 bits per heavy atom. The van der Waals surface area contributed by atoms with Crippen molar-refractivity contribution in [1.29, 1.82) is 0 Å². The summed E-state index contributed by atoms with van der Waals surface area (Å²) in [5, 5.41) is 0. The van der Waals surface area contributed by atoms with E-state index in [9.17, 15) is 0 Å². The molecule has 0 heterocycles. The van der Waals surface area contributed by atoms with E-state index in [1.165, 1.54) is 260 Å². The summed E-state index contributed by atoms with van der Waals surface area (Å²) in [5.41, 5.74) is 1.08. The van der Waals surface area contributed by atoms with E-state index >= 15 is 0 Å². The Kier molecular flexibility index (Phi) is 107. The molecule has 0 rings (SSSR count). The molecular formula is C122H276N10O. The van der Waals surface area contributed by atoms with Crippen LogP contribution < -0.4 is 0 Å². The van der Waals surface area contributed by atoms with Crippen LogP contribution in [0.1, 0.15) is 473 Å². The predicted molar refractivity (Wildman–Crippen MR) is 622 cm³/mol. The molecule has 0 N–H and O–H groups in total. The van der Waals surface area contributed by atoms with E-state index in [0.717, 1.165) is 139 Å². The number of rotatable bonds is 72. The highest BCUT2D eigenvalue weighted by Gasteiger charge is 2.30. The standard InChI is InChI=1S/C29H62N2.C25H54N2.C24H52N2O.C21H46N2.C17H38N2.6CH4/c1-22(2)23(3)18-30(19-24(4)27(7,8)9)16-17-31(20-25(5)28(10,11)12)21-26(6)29(13,14)15;1-22(2)13-9-17-26(18-10-14-23(3)4)21-27(19-11-15-24(5)6)20-12-16-25(7)8;1-21(2)9-13-25(14-10-22(3)4)17-19-27-20-18-26(15-11-23(5)6)16-12-24(7)8;1-18(2)9-13-22(14-10-19(3)4)17-23(15-11-20(5)6)16-12-21(7)8;1-14(2)9-18(10-15(3)4)13-19(11-16(5)6)12-17(7)8;;;;;;/h22-26H,16-21H2,1-15H3;22-25H,9-21H2,1-8H3;21-24H,9-20H2,1-8H3;18-21H,9-17H2,1-8H3;14-17H,9-13H2,1-8H3;6*1H4. The van der Waals surface area contributed by atoms with Gasteiger partial charge in [-0.1, -0.05) is 370 Å². The SMILES string of the molecule is C.C.C.C.C.C.CC(C)C(C)CN(CCN(CC(C)C(C)(C)C)CC(C)C(C)(C)C)CC(C)C(C)(C)C.CC(C)CCCN(CCCC(C)C)CN(CCCC(C)C)CCCC(C)C.CC(C)CCN(CCC(C)C)CN(CCC(C)C)CCC(C)C.CC(C)CCN(CCOCCN(CCC(C)C)CCC(C)C)CCC(C)C.CC(C)CN(CC(C)C)CN(CC(C)C)CC(C)C. The molecule has 0 aliphatic heterocycles. The van der Waals surface area contributed by atoms with Crippen molar-refractivity contribution in [3.05, 3.63) is 0 Å². The van der Waals surface area contributed by atoms with Gasteiger partial charge in [-0.25, -0.2) is 0 Å². The van der Waals surface area contributed by atoms with E-state index in [4.69, 9.17) is 4.74 Å². The second-order valence-electron chi connectivity index (χ2n) is 52.0. The Hall–Kier alpha value is -0.440. The fourth-order valence-electron chi connectivity index (χ4n) is 15.3. The lowest BCUT2D eigenvalue weighted by atomic mass is 9.80. The maximum atomic E-state index is 6.04. The molecule has 0 radical (unpaired) electrons. The minimum Gasteiger partial charge on any atom is -0.379 e. The average Bonchev–Trinajstić information content (AvgIpc) is 0.842. The van der Waals surface area contributed by atoms with Crippen molar-refractivity contribution in [2.24, 2.45) is 141 Å². The monoisotopic (exact) mass is 1900 g/mol. The van der Waals surface area contributed by atoms with Crippen LogP contribution in [-0.2, 0) is 4.74 Å². The largest absolute Gasteiger partial charge is 0.379 e. The van der Waals surface area contributed by atoms with Crippen molar-refractivity contribution in [3.63, 3.8) is 0 Å². The van der Waals surface area contributed by atoms with E-state index in [2.05, 4.69) is 374 Å². The van der Waals surface area contributed by atoms with Crippen LogP contribution in [0.3, 0.4) is 0 Å². The molecule has 0 aromatic heterocycles. The molecule has 0 aliphatic rings. The lowest BCUT2D eigenvalue weighted by Crippen LogP contribution is -2.45. The zero-order valence-electron chi connectivity index (χ0n) is 97.3. The fraction of sp³-hybridized carbons (Fsp3) is 1.00. The molecule has 11 nitrogen and oxygen atoms in total. The minimum atomic E-state index is 0. The van der Waals surface area contributed by atoms with Crippen LogP contribution in [0.15, 0.2) is 0 Å². The summed E-state index contributed by atoms with van der Waals surface area (Å²) in [6.07, 6.45) is 21.3. The fourth-order valence-corrected chi connectivity index (χ4v) is 15.3. The number of ether oxygens (including phenoxy) is 1. The van der Waals surface area contributed by atoms with Gasteiger partial charge in [0.2, 0.25) is 0 Å². The highest BCUT2D eigenvalue weighted by molar-refractivity contribution is 4.82. The maximum absolute atomic E-state index is 6.04. The third kappa shape index (κ3) is 109. The van der Waals surface area contributed by atoms with Gasteiger partial charge in [0.15, 0.2) is 0 Å². The van der Waals surface area contributed by atoms with Gasteiger partial charge in [-0.2, -0.15) is 0 Å². The first-order valence-corrected chi connectivity index (χ1v) is 55.4. The van der Waals surface area contributed by atoms with Crippen molar-refractivity contribution in [1.82, 2.24) is 49.0 Å². The minimum absolute atomic E-state index is 0. The highest BCUT2D eigenvalue weighted by atomic mass is 16.5. The number of hydrogen-bond acceptors (Lipinski definition) is 11.